The maximum absolute atomic E-state index is 9.72. The van der Waals surface area contributed by atoms with E-state index in [1.165, 1.54) is 0 Å². The predicted molar refractivity (Wildman–Crippen MR) is 91.4 cm³/mol. The molecule has 1 aromatic heterocycles. The van der Waals surface area contributed by atoms with E-state index < -0.39 is 11.8 Å². The highest BCUT2D eigenvalue weighted by atomic mass is 16.5. The molecule has 3 rings (SSSR count). The molecule has 130 valence electrons. The molecular weight excluding hydrogens is 320 g/mol. The Morgan fingerprint density at radius 2 is 1.96 bits per heavy atom. The van der Waals surface area contributed by atoms with Crippen LogP contribution in [0.1, 0.15) is 36.1 Å². The Kier molecular flexibility index (Phi) is 4.61. The van der Waals surface area contributed by atoms with Gasteiger partial charge in [0.15, 0.2) is 0 Å². The Morgan fingerprint density at radius 3 is 2.52 bits per heavy atom. The molecular formula is C18H20N4O3. The molecule has 25 heavy (non-hydrogen) atoms. The van der Waals surface area contributed by atoms with Crippen LogP contribution in [0.2, 0.25) is 0 Å². The zero-order valence-electron chi connectivity index (χ0n) is 14.4. The van der Waals surface area contributed by atoms with E-state index >= 15 is 0 Å². The molecule has 1 aliphatic rings. The van der Waals surface area contributed by atoms with Gasteiger partial charge in [-0.05, 0) is 18.6 Å². The van der Waals surface area contributed by atoms with Gasteiger partial charge in [-0.15, -0.1) is 5.10 Å². The van der Waals surface area contributed by atoms with Crippen molar-refractivity contribution in [1.29, 1.82) is 10.7 Å². The fraction of sp³-hybridized carbons (Fsp3) is 0.389. The van der Waals surface area contributed by atoms with Crippen LogP contribution < -0.4 is 14.2 Å². The van der Waals surface area contributed by atoms with Crippen molar-refractivity contribution < 1.29 is 14.2 Å². The number of benzene rings is 1. The molecule has 7 nitrogen and oxygen atoms in total. The fourth-order valence-corrected chi connectivity index (χ4v) is 3.32. The van der Waals surface area contributed by atoms with Crippen molar-refractivity contribution >= 4 is 5.90 Å². The third kappa shape index (κ3) is 2.70. The van der Waals surface area contributed by atoms with E-state index in [1.807, 2.05) is 18.2 Å². The quantitative estimate of drug-likeness (QED) is 0.870. The number of nitrogens with one attached hydrogen (secondary N) is 2. The number of methoxy groups -OCH3 is 2. The normalized spacial score (nSPS) is 18.9. The number of H-pyrrole nitrogens is 1. The van der Waals surface area contributed by atoms with E-state index in [9.17, 15) is 5.26 Å². The lowest BCUT2D eigenvalue weighted by Gasteiger charge is -2.30. The molecule has 0 radical (unpaired) electrons. The molecule has 0 aliphatic carbocycles. The van der Waals surface area contributed by atoms with Crippen LogP contribution in [-0.2, 0) is 6.42 Å². The topological polar surface area (TPSA) is 104 Å². The maximum atomic E-state index is 9.72. The van der Waals surface area contributed by atoms with Crippen LogP contribution in [0.25, 0.3) is 0 Å². The van der Waals surface area contributed by atoms with Crippen molar-refractivity contribution in [2.24, 2.45) is 5.92 Å². The highest BCUT2D eigenvalue weighted by Gasteiger charge is 2.43. The van der Waals surface area contributed by atoms with E-state index in [2.05, 4.69) is 23.2 Å². The molecule has 2 heterocycles. The number of nitriles is 1. The monoisotopic (exact) mass is 340 g/mol. The lowest BCUT2D eigenvalue weighted by atomic mass is 9.78. The molecule has 0 amide bonds. The molecule has 2 atom stereocenters. The summed E-state index contributed by atoms with van der Waals surface area (Å²) in [4.78, 5) is 0. The molecule has 0 bridgehead atoms. The summed E-state index contributed by atoms with van der Waals surface area (Å²) in [6.07, 6.45) is 1.68. The number of hydrogen-bond acceptors (Lipinski definition) is 6. The zero-order valence-corrected chi connectivity index (χ0v) is 14.4. The van der Waals surface area contributed by atoms with Crippen LogP contribution in [0, 0.1) is 22.7 Å². The Morgan fingerprint density at radius 1 is 1.28 bits per heavy atom. The van der Waals surface area contributed by atoms with Crippen molar-refractivity contribution in [3.8, 4) is 23.4 Å². The molecule has 0 saturated heterocycles. The van der Waals surface area contributed by atoms with E-state index in [4.69, 9.17) is 19.6 Å². The second-order valence-electron chi connectivity index (χ2n) is 5.80. The summed E-state index contributed by atoms with van der Waals surface area (Å²) in [7, 11) is 3.15. The summed E-state index contributed by atoms with van der Waals surface area (Å²) in [5.41, 5.74) is 2.43. The van der Waals surface area contributed by atoms with Gasteiger partial charge < -0.3 is 14.2 Å². The molecule has 0 spiro atoms. The molecule has 1 aromatic carbocycles. The molecule has 1 aliphatic heterocycles. The molecule has 0 fully saturated rings. The summed E-state index contributed by atoms with van der Waals surface area (Å²) >= 11 is 0. The first-order valence-electron chi connectivity index (χ1n) is 8.10. The first-order chi connectivity index (χ1) is 12.2. The number of nitrogens with zero attached hydrogens (tertiary/aromatic N) is 2. The summed E-state index contributed by atoms with van der Waals surface area (Å²) < 4.78 is 16.6. The van der Waals surface area contributed by atoms with Gasteiger partial charge in [-0.3, -0.25) is 10.5 Å². The number of rotatable bonds is 5. The minimum Gasteiger partial charge on any atom is -0.496 e. The van der Waals surface area contributed by atoms with Crippen molar-refractivity contribution in [2.45, 2.75) is 25.7 Å². The summed E-state index contributed by atoms with van der Waals surface area (Å²) in [5, 5.41) is 25.1. The first-order valence-corrected chi connectivity index (χ1v) is 8.10. The van der Waals surface area contributed by atoms with Crippen LogP contribution >= 0.6 is 0 Å². The summed E-state index contributed by atoms with van der Waals surface area (Å²) in [6, 6.07) is 7.68. The minimum atomic E-state index is -0.786. The molecule has 2 unspecified atom stereocenters. The largest absolute Gasteiger partial charge is 0.496 e. The summed E-state index contributed by atoms with van der Waals surface area (Å²) in [6.45, 7) is 2.07. The third-order valence-electron chi connectivity index (χ3n) is 4.40. The Labute approximate surface area is 146 Å². The molecule has 2 aromatic rings. The van der Waals surface area contributed by atoms with Crippen LogP contribution in [-0.4, -0.2) is 30.3 Å². The Hall–Kier alpha value is -3.01. The third-order valence-corrected chi connectivity index (χ3v) is 4.40. The number of fused-ring (bicyclic) bond motifs is 1. The number of hydrogen-bond donors (Lipinski definition) is 2. The number of aromatic nitrogens is 2. The van der Waals surface area contributed by atoms with Crippen LogP contribution in [0.3, 0.4) is 0 Å². The van der Waals surface area contributed by atoms with Gasteiger partial charge in [0.25, 0.3) is 0 Å². The average Bonchev–Trinajstić information content (AvgIpc) is 3.02. The van der Waals surface area contributed by atoms with Gasteiger partial charge in [0.1, 0.15) is 17.4 Å². The lowest BCUT2D eigenvalue weighted by molar-refractivity contribution is 0.370. The summed E-state index contributed by atoms with van der Waals surface area (Å²) in [5.74, 6) is 0.196. The predicted octanol–water partition coefficient (Wildman–Crippen LogP) is 3.02. The smallest absolute Gasteiger partial charge is 0.243 e. The zero-order chi connectivity index (χ0) is 18.0. The van der Waals surface area contributed by atoms with Crippen LogP contribution in [0.5, 0.6) is 17.4 Å². The van der Waals surface area contributed by atoms with E-state index in [0.717, 1.165) is 29.7 Å². The van der Waals surface area contributed by atoms with Gasteiger partial charge in [-0.1, -0.05) is 19.4 Å². The van der Waals surface area contributed by atoms with Crippen LogP contribution in [0.15, 0.2) is 18.2 Å². The lowest BCUT2D eigenvalue weighted by Crippen LogP contribution is -2.31. The van der Waals surface area contributed by atoms with Gasteiger partial charge >= 0.3 is 0 Å². The van der Waals surface area contributed by atoms with Gasteiger partial charge in [-0.2, -0.15) is 5.26 Å². The number of ether oxygens (including phenoxy) is 3. The van der Waals surface area contributed by atoms with E-state index in [-0.39, 0.29) is 5.90 Å². The minimum absolute atomic E-state index is 0.123. The van der Waals surface area contributed by atoms with E-state index in [1.54, 1.807) is 14.2 Å². The number of aromatic amines is 1. The Balaban J connectivity index is 2.29. The van der Waals surface area contributed by atoms with Crippen molar-refractivity contribution in [1.82, 2.24) is 10.2 Å². The van der Waals surface area contributed by atoms with Crippen molar-refractivity contribution in [3.63, 3.8) is 0 Å². The molecule has 0 saturated carbocycles. The van der Waals surface area contributed by atoms with Crippen molar-refractivity contribution in [3.05, 3.63) is 35.0 Å². The number of aryl methyl sites for hydroxylation is 1. The standard InChI is InChI=1S/C18H20N4O3/c1-4-6-11-15-14(10(9-19)17(20)25-18(15)22-21-11)16-12(23-2)7-5-8-13(16)24-3/h5,7-8,10,14,20H,4,6H2,1-3H3,(H,21,22). The fourth-order valence-electron chi connectivity index (χ4n) is 3.32. The van der Waals surface area contributed by atoms with Gasteiger partial charge in [0.05, 0.1) is 20.3 Å². The van der Waals surface area contributed by atoms with Crippen molar-refractivity contribution in [2.75, 3.05) is 14.2 Å². The molecule has 7 heteroatoms. The van der Waals surface area contributed by atoms with Gasteiger partial charge in [-0.25, -0.2) is 0 Å². The average molecular weight is 340 g/mol. The second-order valence-corrected chi connectivity index (χ2v) is 5.80. The van der Waals surface area contributed by atoms with E-state index in [0.29, 0.717) is 17.4 Å². The molecule has 2 N–H and O–H groups in total. The SMILES string of the molecule is CCCc1[nH]nc2c1C(c1c(OC)cccc1OC)C(C#N)C(=N)O2. The Bertz CT molecular complexity index is 815. The van der Waals surface area contributed by atoms with Gasteiger partial charge in [0, 0.05) is 22.7 Å². The highest BCUT2D eigenvalue weighted by Crippen LogP contribution is 2.48. The van der Waals surface area contributed by atoms with Gasteiger partial charge in [0.2, 0.25) is 11.8 Å². The highest BCUT2D eigenvalue weighted by molar-refractivity contribution is 5.85. The second kappa shape index (κ2) is 6.85. The van der Waals surface area contributed by atoms with Crippen LogP contribution in [0.4, 0.5) is 0 Å². The first kappa shape index (κ1) is 16.8. The maximum Gasteiger partial charge on any atom is 0.243 e.